The standard InChI is InChI=1S/C20H17NO4/c1-25-18-9-11(2-7-17(18)23)8-12-3-5-14-15-10-13(22)4-6-16(15)21-19(14)20(12)24/h2,4,6-10,21-23H,3,5H2,1H3/b12-8+. The number of nitrogens with one attached hydrogen (secondary N) is 1. The Bertz CT molecular complexity index is 1030. The predicted molar refractivity (Wildman–Crippen MR) is 95.3 cm³/mol. The Labute approximate surface area is 144 Å². The van der Waals surface area contributed by atoms with Gasteiger partial charge in [-0.15, -0.1) is 0 Å². The number of H-pyrrole nitrogens is 1. The van der Waals surface area contributed by atoms with Gasteiger partial charge in [0.1, 0.15) is 5.75 Å². The molecule has 5 heteroatoms. The number of fused-ring (bicyclic) bond motifs is 3. The number of ether oxygens (including phenoxy) is 1. The minimum absolute atomic E-state index is 0.0380. The van der Waals surface area contributed by atoms with Gasteiger partial charge in [-0.3, -0.25) is 4.79 Å². The Morgan fingerprint density at radius 3 is 2.76 bits per heavy atom. The second kappa shape index (κ2) is 5.70. The molecule has 0 radical (unpaired) electrons. The molecule has 0 aliphatic heterocycles. The molecule has 3 aromatic rings. The number of ketones is 1. The normalized spacial score (nSPS) is 15.6. The van der Waals surface area contributed by atoms with Crippen LogP contribution in [0.3, 0.4) is 0 Å². The maximum atomic E-state index is 12.9. The second-order valence-corrected chi connectivity index (χ2v) is 6.14. The smallest absolute Gasteiger partial charge is 0.205 e. The number of carbonyl (C=O) groups is 1. The molecule has 0 atom stereocenters. The van der Waals surface area contributed by atoms with Gasteiger partial charge >= 0.3 is 0 Å². The molecule has 0 unspecified atom stereocenters. The molecule has 1 aliphatic rings. The van der Waals surface area contributed by atoms with Gasteiger partial charge in [0.25, 0.3) is 0 Å². The highest BCUT2D eigenvalue weighted by Gasteiger charge is 2.26. The fourth-order valence-electron chi connectivity index (χ4n) is 3.35. The lowest BCUT2D eigenvalue weighted by Gasteiger charge is -2.14. The predicted octanol–water partition coefficient (Wildman–Crippen LogP) is 3.80. The number of hydrogen-bond acceptors (Lipinski definition) is 4. The van der Waals surface area contributed by atoms with Gasteiger partial charge < -0.3 is 19.9 Å². The number of phenolic OH excluding ortho intramolecular Hbond substituents is 2. The summed E-state index contributed by atoms with van der Waals surface area (Å²) in [5.41, 5.74) is 3.90. The Hall–Kier alpha value is -3.21. The summed E-state index contributed by atoms with van der Waals surface area (Å²) >= 11 is 0. The number of hydrogen-bond donors (Lipinski definition) is 3. The highest BCUT2D eigenvalue weighted by molar-refractivity contribution is 6.15. The topological polar surface area (TPSA) is 82.5 Å². The van der Waals surface area contributed by atoms with Gasteiger partial charge in [-0.1, -0.05) is 6.07 Å². The molecule has 1 aromatic heterocycles. The van der Waals surface area contributed by atoms with Crippen LogP contribution in [0.2, 0.25) is 0 Å². The fourth-order valence-corrected chi connectivity index (χ4v) is 3.35. The van der Waals surface area contributed by atoms with E-state index in [4.69, 9.17) is 4.74 Å². The van der Waals surface area contributed by atoms with Crippen molar-refractivity contribution < 1.29 is 19.7 Å². The molecule has 1 heterocycles. The Kier molecular flexibility index (Phi) is 3.50. The average molecular weight is 335 g/mol. The zero-order valence-electron chi connectivity index (χ0n) is 13.7. The SMILES string of the molecule is COc1cc(/C=C2\CCc3c([nH]c4ccc(O)cc34)C2=O)ccc1O. The van der Waals surface area contributed by atoms with Crippen LogP contribution in [0.1, 0.15) is 28.0 Å². The van der Waals surface area contributed by atoms with E-state index in [0.717, 1.165) is 28.5 Å². The maximum Gasteiger partial charge on any atom is 0.205 e. The number of methoxy groups -OCH3 is 1. The second-order valence-electron chi connectivity index (χ2n) is 6.14. The van der Waals surface area contributed by atoms with Crippen LogP contribution >= 0.6 is 0 Å². The van der Waals surface area contributed by atoms with Crippen LogP contribution in [-0.4, -0.2) is 28.1 Å². The number of rotatable bonds is 2. The maximum absolute atomic E-state index is 12.9. The van der Waals surface area contributed by atoms with Crippen molar-refractivity contribution in [2.75, 3.05) is 7.11 Å². The van der Waals surface area contributed by atoms with Crippen LogP contribution in [0.4, 0.5) is 0 Å². The van der Waals surface area contributed by atoms with E-state index in [1.807, 2.05) is 6.08 Å². The number of aromatic amines is 1. The summed E-state index contributed by atoms with van der Waals surface area (Å²) in [6.45, 7) is 0. The van der Waals surface area contributed by atoms with E-state index >= 15 is 0 Å². The molecule has 0 saturated heterocycles. The van der Waals surface area contributed by atoms with E-state index < -0.39 is 0 Å². The van der Waals surface area contributed by atoms with Crippen molar-refractivity contribution in [3.8, 4) is 17.2 Å². The first-order chi connectivity index (χ1) is 12.1. The summed E-state index contributed by atoms with van der Waals surface area (Å²) in [4.78, 5) is 16.0. The number of allylic oxidation sites excluding steroid dienone is 1. The third-order valence-corrected chi connectivity index (χ3v) is 4.60. The molecular weight excluding hydrogens is 318 g/mol. The minimum atomic E-state index is -0.0380. The molecule has 126 valence electrons. The quantitative estimate of drug-likeness (QED) is 0.622. The number of carbonyl (C=O) groups excluding carboxylic acids is 1. The van der Waals surface area contributed by atoms with Gasteiger partial charge in [-0.25, -0.2) is 0 Å². The fraction of sp³-hybridized carbons (Fsp3) is 0.150. The van der Waals surface area contributed by atoms with Crippen LogP contribution in [-0.2, 0) is 6.42 Å². The summed E-state index contributed by atoms with van der Waals surface area (Å²) < 4.78 is 5.11. The molecule has 0 saturated carbocycles. The van der Waals surface area contributed by atoms with Gasteiger partial charge in [0, 0.05) is 16.5 Å². The van der Waals surface area contributed by atoms with Crippen molar-refractivity contribution in [2.24, 2.45) is 0 Å². The van der Waals surface area contributed by atoms with Crippen molar-refractivity contribution >= 4 is 22.8 Å². The molecule has 0 bridgehead atoms. The number of benzene rings is 2. The van der Waals surface area contributed by atoms with E-state index in [1.54, 1.807) is 36.4 Å². The summed E-state index contributed by atoms with van der Waals surface area (Å²) in [6.07, 6.45) is 3.18. The molecule has 25 heavy (non-hydrogen) atoms. The largest absolute Gasteiger partial charge is 0.508 e. The van der Waals surface area contributed by atoms with Crippen molar-refractivity contribution in [3.05, 3.63) is 58.8 Å². The third-order valence-electron chi connectivity index (χ3n) is 4.60. The molecule has 2 aromatic carbocycles. The molecule has 0 fully saturated rings. The summed E-state index contributed by atoms with van der Waals surface area (Å²) in [5, 5.41) is 20.3. The van der Waals surface area contributed by atoms with Gasteiger partial charge in [-0.2, -0.15) is 0 Å². The van der Waals surface area contributed by atoms with E-state index in [1.165, 1.54) is 7.11 Å². The minimum Gasteiger partial charge on any atom is -0.508 e. The summed E-state index contributed by atoms with van der Waals surface area (Å²) in [7, 11) is 1.49. The van der Waals surface area contributed by atoms with Gasteiger partial charge in [0.05, 0.1) is 12.8 Å². The average Bonchev–Trinajstić information content (AvgIpc) is 2.97. The monoisotopic (exact) mass is 335 g/mol. The van der Waals surface area contributed by atoms with E-state index in [2.05, 4.69) is 4.98 Å². The molecule has 4 rings (SSSR count). The van der Waals surface area contributed by atoms with E-state index in [-0.39, 0.29) is 17.3 Å². The van der Waals surface area contributed by atoms with Crippen LogP contribution in [0.5, 0.6) is 17.2 Å². The van der Waals surface area contributed by atoms with Gasteiger partial charge in [0.2, 0.25) is 5.78 Å². The van der Waals surface area contributed by atoms with E-state index in [0.29, 0.717) is 23.4 Å². The Balaban J connectivity index is 1.75. The van der Waals surface area contributed by atoms with Crippen LogP contribution in [0, 0.1) is 0 Å². The molecule has 1 aliphatic carbocycles. The van der Waals surface area contributed by atoms with Gasteiger partial charge in [0.15, 0.2) is 11.5 Å². The zero-order chi connectivity index (χ0) is 17.6. The summed E-state index contributed by atoms with van der Waals surface area (Å²) in [6, 6.07) is 10.1. The third kappa shape index (κ3) is 2.54. The first-order valence-corrected chi connectivity index (χ1v) is 8.02. The molecule has 5 nitrogen and oxygen atoms in total. The molecule has 3 N–H and O–H groups in total. The summed E-state index contributed by atoms with van der Waals surface area (Å²) in [5.74, 6) is 0.597. The van der Waals surface area contributed by atoms with Crippen LogP contribution in [0.25, 0.3) is 17.0 Å². The molecular formula is C20H17NO4. The highest BCUT2D eigenvalue weighted by atomic mass is 16.5. The molecule has 0 spiro atoms. The van der Waals surface area contributed by atoms with Crippen molar-refractivity contribution in [1.82, 2.24) is 4.98 Å². The van der Waals surface area contributed by atoms with Gasteiger partial charge in [-0.05, 0) is 60.4 Å². The van der Waals surface area contributed by atoms with Crippen molar-refractivity contribution in [2.45, 2.75) is 12.8 Å². The number of aromatic hydroxyl groups is 2. The molecule has 0 amide bonds. The van der Waals surface area contributed by atoms with E-state index in [9.17, 15) is 15.0 Å². The Morgan fingerprint density at radius 1 is 1.12 bits per heavy atom. The lowest BCUT2D eigenvalue weighted by atomic mass is 9.89. The Morgan fingerprint density at radius 2 is 1.96 bits per heavy atom. The highest BCUT2D eigenvalue weighted by Crippen LogP contribution is 2.34. The van der Waals surface area contributed by atoms with Crippen molar-refractivity contribution in [1.29, 1.82) is 0 Å². The number of phenols is 2. The number of aryl methyl sites for hydroxylation is 1. The number of Topliss-reactive ketones (excluding diaryl/α,β-unsaturated/α-hetero) is 1. The first kappa shape index (κ1) is 15.3. The zero-order valence-corrected chi connectivity index (χ0v) is 13.7. The number of aromatic nitrogens is 1. The lowest BCUT2D eigenvalue weighted by Crippen LogP contribution is -2.13. The lowest BCUT2D eigenvalue weighted by molar-refractivity contribution is 0.102. The van der Waals surface area contributed by atoms with Crippen LogP contribution in [0.15, 0.2) is 42.0 Å². The first-order valence-electron chi connectivity index (χ1n) is 8.02. The van der Waals surface area contributed by atoms with Crippen LogP contribution < -0.4 is 4.74 Å². The van der Waals surface area contributed by atoms with Crippen molar-refractivity contribution in [3.63, 3.8) is 0 Å².